The molecule has 4 aliphatic rings. The molecule has 2 aliphatic heterocycles. The maximum Gasteiger partial charge on any atom is 0.407 e. The largest absolute Gasteiger partial charge is 0.472 e. The predicted molar refractivity (Wildman–Crippen MR) is 167 cm³/mol. The summed E-state index contributed by atoms with van der Waals surface area (Å²) in [5, 5.41) is 6.56. The number of nitrogens with zero attached hydrogens (tertiary/aromatic N) is 2. The second-order valence-corrected chi connectivity index (χ2v) is 14.5. The van der Waals surface area contributed by atoms with Crippen LogP contribution in [0.2, 0.25) is 0 Å². The van der Waals surface area contributed by atoms with Crippen LogP contribution in [-0.2, 0) is 29.1 Å². The number of allylic oxidation sites excluding steroid dienone is 1. The number of nitrogens with one attached hydrogen (secondary N) is 3. The van der Waals surface area contributed by atoms with E-state index in [2.05, 4.69) is 20.3 Å². The van der Waals surface area contributed by atoms with Crippen molar-refractivity contribution < 1.29 is 37.1 Å². The Morgan fingerprint density at radius 3 is 2.67 bits per heavy atom. The van der Waals surface area contributed by atoms with Crippen LogP contribution in [0.4, 0.5) is 4.79 Å². The Morgan fingerprint density at radius 2 is 1.89 bits per heavy atom. The molecular weight excluding hydrogens is 614 g/mol. The maximum absolute atomic E-state index is 14.1. The van der Waals surface area contributed by atoms with E-state index < -0.39 is 68.7 Å². The van der Waals surface area contributed by atoms with Gasteiger partial charge in [0, 0.05) is 23.9 Å². The molecule has 13 nitrogen and oxygen atoms in total. The number of benzene rings is 1. The summed E-state index contributed by atoms with van der Waals surface area (Å²) in [4.78, 5) is 59.7. The first-order valence-electron chi connectivity index (χ1n) is 15.8. The molecule has 1 aromatic heterocycles. The van der Waals surface area contributed by atoms with Gasteiger partial charge in [-0.05, 0) is 56.0 Å². The Morgan fingerprint density at radius 1 is 1.09 bits per heavy atom. The van der Waals surface area contributed by atoms with Crippen LogP contribution < -0.4 is 20.1 Å². The number of hydrogen-bond acceptors (Lipinski definition) is 9. The van der Waals surface area contributed by atoms with Gasteiger partial charge in [0.25, 0.3) is 5.91 Å². The maximum atomic E-state index is 14.1. The molecule has 0 radical (unpaired) electrons. The quantitative estimate of drug-likeness (QED) is 0.396. The Balaban J connectivity index is 1.30. The lowest BCUT2D eigenvalue weighted by Crippen LogP contribution is -2.58. The van der Waals surface area contributed by atoms with Gasteiger partial charge in [0.05, 0.1) is 18.9 Å². The Bertz CT molecular complexity index is 1660. The van der Waals surface area contributed by atoms with E-state index in [-0.39, 0.29) is 19.4 Å². The molecule has 1 aromatic carbocycles. The smallest absolute Gasteiger partial charge is 0.407 e. The first-order valence-corrected chi connectivity index (χ1v) is 17.4. The summed E-state index contributed by atoms with van der Waals surface area (Å²) < 4.78 is 38.7. The van der Waals surface area contributed by atoms with E-state index in [4.69, 9.17) is 9.47 Å². The van der Waals surface area contributed by atoms with E-state index >= 15 is 0 Å². The van der Waals surface area contributed by atoms with Gasteiger partial charge in [0.2, 0.25) is 27.7 Å². The van der Waals surface area contributed by atoms with Gasteiger partial charge in [-0.15, -0.1) is 0 Å². The average molecular weight is 654 g/mol. The zero-order valence-electron chi connectivity index (χ0n) is 25.6. The fourth-order valence-electron chi connectivity index (χ4n) is 6.39. The van der Waals surface area contributed by atoms with Crippen molar-refractivity contribution in [2.24, 2.45) is 5.92 Å². The number of alkyl carbamates (subject to hydrolysis) is 1. The third kappa shape index (κ3) is 6.67. The minimum absolute atomic E-state index is 0.0275. The van der Waals surface area contributed by atoms with Crippen LogP contribution in [-0.4, -0.2) is 84.7 Å². The SMILES string of the molecule is COC(=O)NC1CCCCC/C=C\C2CC2(C(=O)NS(=O)(=O)C2CC2)NC(=O)C2CC(Oc3nccc4ccccc34)CN2C1=O. The van der Waals surface area contributed by atoms with Gasteiger partial charge in [0.1, 0.15) is 23.7 Å². The Hall–Kier alpha value is -4.20. The predicted octanol–water partition coefficient (Wildman–Crippen LogP) is 2.31. The molecule has 5 unspecified atom stereocenters. The zero-order chi connectivity index (χ0) is 32.5. The second kappa shape index (κ2) is 12.9. The van der Waals surface area contributed by atoms with Crippen molar-refractivity contribution in [2.75, 3.05) is 13.7 Å². The molecule has 2 aliphatic carbocycles. The Labute approximate surface area is 267 Å². The summed E-state index contributed by atoms with van der Waals surface area (Å²) in [5.41, 5.74) is -1.47. The third-order valence-electron chi connectivity index (χ3n) is 9.24. The molecule has 2 saturated carbocycles. The van der Waals surface area contributed by atoms with E-state index in [0.717, 1.165) is 23.6 Å². The summed E-state index contributed by atoms with van der Waals surface area (Å²) in [6.07, 6.45) is 8.61. The van der Waals surface area contributed by atoms with Crippen LogP contribution in [0.25, 0.3) is 10.8 Å². The van der Waals surface area contributed by atoms with Crippen LogP contribution in [0.5, 0.6) is 5.88 Å². The summed E-state index contributed by atoms with van der Waals surface area (Å²) in [6, 6.07) is 7.41. The van der Waals surface area contributed by atoms with Crippen molar-refractivity contribution >= 4 is 44.6 Å². The van der Waals surface area contributed by atoms with Crippen molar-refractivity contribution in [1.29, 1.82) is 0 Å². The number of aromatic nitrogens is 1. The number of carbonyl (C=O) groups excluding carboxylic acids is 4. The van der Waals surface area contributed by atoms with Crippen LogP contribution >= 0.6 is 0 Å². The molecule has 3 fully saturated rings. The van der Waals surface area contributed by atoms with Crippen molar-refractivity contribution in [3.8, 4) is 5.88 Å². The van der Waals surface area contributed by atoms with E-state index in [1.165, 1.54) is 12.0 Å². The topological polar surface area (TPSA) is 173 Å². The van der Waals surface area contributed by atoms with Gasteiger partial charge in [-0.1, -0.05) is 43.2 Å². The summed E-state index contributed by atoms with van der Waals surface area (Å²) in [5.74, 6) is -1.90. The van der Waals surface area contributed by atoms with Crippen LogP contribution in [0.3, 0.4) is 0 Å². The third-order valence-corrected chi connectivity index (χ3v) is 11.1. The molecule has 2 aromatic rings. The Kier molecular flexibility index (Phi) is 8.90. The van der Waals surface area contributed by atoms with Gasteiger partial charge in [0.15, 0.2) is 0 Å². The number of rotatable bonds is 6. The van der Waals surface area contributed by atoms with Gasteiger partial charge < -0.3 is 25.0 Å². The summed E-state index contributed by atoms with van der Waals surface area (Å²) in [7, 11) is -2.64. The van der Waals surface area contributed by atoms with E-state index in [0.29, 0.717) is 38.0 Å². The first kappa shape index (κ1) is 31.8. The van der Waals surface area contributed by atoms with E-state index in [1.807, 2.05) is 42.5 Å². The molecule has 246 valence electrons. The minimum Gasteiger partial charge on any atom is -0.472 e. The molecule has 0 spiro atoms. The van der Waals surface area contributed by atoms with E-state index in [1.54, 1.807) is 6.20 Å². The van der Waals surface area contributed by atoms with Gasteiger partial charge in [-0.2, -0.15) is 0 Å². The van der Waals surface area contributed by atoms with Crippen LogP contribution in [0, 0.1) is 5.92 Å². The highest BCUT2D eigenvalue weighted by molar-refractivity contribution is 7.91. The summed E-state index contributed by atoms with van der Waals surface area (Å²) >= 11 is 0. The van der Waals surface area contributed by atoms with Crippen LogP contribution in [0.1, 0.15) is 57.8 Å². The van der Waals surface area contributed by atoms with Crippen molar-refractivity contribution in [2.45, 2.75) is 86.8 Å². The number of sulfonamides is 1. The highest BCUT2D eigenvalue weighted by Crippen LogP contribution is 2.46. The standard InChI is InChI=1S/C32H39N5O8S/c1-44-31(41)34-25-12-6-4-2-3-5-10-21-18-32(21,30(40)36-46(42,43)23-13-14-23)35-27(38)26-17-22(19-37(26)29(25)39)45-28-24-11-8-7-9-20(24)15-16-33-28/h5,7-11,15-16,21-23,25-26H,2-4,6,12-14,17-19H2,1H3,(H,34,41)(H,35,38)(H,36,40)/b10-5-. The zero-order valence-corrected chi connectivity index (χ0v) is 26.5. The lowest BCUT2D eigenvalue weighted by atomic mass is 10.1. The number of fused-ring (bicyclic) bond motifs is 3. The molecular formula is C32H39N5O8S. The molecule has 1 saturated heterocycles. The van der Waals surface area contributed by atoms with Crippen molar-refractivity contribution in [3.05, 3.63) is 48.7 Å². The molecule has 3 heterocycles. The molecule has 3 N–H and O–H groups in total. The number of methoxy groups -OCH3 is 1. The monoisotopic (exact) mass is 653 g/mol. The minimum atomic E-state index is -3.86. The second-order valence-electron chi connectivity index (χ2n) is 12.5. The number of carbonyl (C=O) groups is 4. The molecule has 0 bridgehead atoms. The number of ether oxygens (including phenoxy) is 2. The van der Waals surface area contributed by atoms with Gasteiger partial charge in [-0.3, -0.25) is 19.1 Å². The number of amides is 4. The first-order chi connectivity index (χ1) is 22.1. The van der Waals surface area contributed by atoms with Crippen molar-refractivity contribution in [1.82, 2.24) is 25.2 Å². The molecule has 6 rings (SSSR count). The molecule has 46 heavy (non-hydrogen) atoms. The normalized spacial score (nSPS) is 29.3. The fourth-order valence-corrected chi connectivity index (χ4v) is 7.76. The van der Waals surface area contributed by atoms with Gasteiger partial charge >= 0.3 is 6.09 Å². The lowest BCUT2D eigenvalue weighted by Gasteiger charge is -2.29. The van der Waals surface area contributed by atoms with Crippen LogP contribution in [0.15, 0.2) is 48.7 Å². The molecule has 4 amide bonds. The highest BCUT2D eigenvalue weighted by atomic mass is 32.2. The number of pyridine rings is 1. The lowest BCUT2D eigenvalue weighted by molar-refractivity contribution is -0.141. The average Bonchev–Trinajstić information content (AvgIpc) is 3.96. The van der Waals surface area contributed by atoms with Crippen molar-refractivity contribution in [3.63, 3.8) is 0 Å². The highest BCUT2D eigenvalue weighted by Gasteiger charge is 2.62. The fraction of sp³-hybridized carbons (Fsp3) is 0.531. The molecule has 14 heteroatoms. The van der Waals surface area contributed by atoms with E-state index in [9.17, 15) is 27.6 Å². The van der Waals surface area contributed by atoms with Gasteiger partial charge in [-0.25, -0.2) is 18.2 Å². The number of hydrogen-bond donors (Lipinski definition) is 3. The molecule has 5 atom stereocenters. The summed E-state index contributed by atoms with van der Waals surface area (Å²) in [6.45, 7) is 0.0275.